The molecule has 0 fully saturated rings. The normalized spacial score (nSPS) is 12.3. The van der Waals surface area contributed by atoms with Gasteiger partial charge in [0.05, 0.1) is 11.4 Å². The second-order valence-electron chi connectivity index (χ2n) is 4.33. The summed E-state index contributed by atoms with van der Waals surface area (Å²) in [6.07, 6.45) is 7.93. The number of hydrogen-bond acceptors (Lipinski definition) is 1. The number of aryl methyl sites for hydroxylation is 1. The molecule has 0 radical (unpaired) electrons. The molecule has 18 heavy (non-hydrogen) atoms. The molecule has 0 saturated heterocycles. The maximum Gasteiger partial charge on any atom is 0.0789 e. The van der Waals surface area contributed by atoms with Crippen molar-refractivity contribution >= 4 is 12.2 Å². The molecular weight excluding hydrogens is 218 g/mol. The fourth-order valence-corrected chi connectivity index (χ4v) is 2.12. The fourth-order valence-electron chi connectivity index (χ4n) is 2.12. The number of hydrogen-bond donors (Lipinski definition) is 0. The quantitative estimate of drug-likeness (QED) is 0.668. The topological polar surface area (TPSA) is 12.9 Å². The van der Waals surface area contributed by atoms with Gasteiger partial charge >= 0.3 is 0 Å². The van der Waals surface area contributed by atoms with Crippen molar-refractivity contribution in [1.82, 2.24) is 4.98 Å². The fraction of sp³-hybridized carbons (Fsp3) is 0.0588. The molecule has 1 heterocycles. The van der Waals surface area contributed by atoms with Gasteiger partial charge in [0.2, 0.25) is 0 Å². The largest absolute Gasteiger partial charge is 0.247 e. The van der Waals surface area contributed by atoms with Crippen LogP contribution in [0.2, 0.25) is 0 Å². The first-order valence-electron chi connectivity index (χ1n) is 6.01. The van der Waals surface area contributed by atoms with Crippen LogP contribution in [0.15, 0.2) is 54.3 Å². The molecule has 1 aliphatic carbocycles. The Morgan fingerprint density at radius 1 is 1.11 bits per heavy atom. The third-order valence-electron chi connectivity index (χ3n) is 3.04. The lowest BCUT2D eigenvalue weighted by Gasteiger charge is -2.08. The summed E-state index contributed by atoms with van der Waals surface area (Å²) in [4.78, 5) is 4.72. The Morgan fingerprint density at radius 3 is 2.78 bits per heavy atom. The first kappa shape index (κ1) is 10.8. The number of fused-ring (bicyclic) bond motifs is 1. The van der Waals surface area contributed by atoms with Crippen LogP contribution in [0.25, 0.3) is 23.4 Å². The highest BCUT2D eigenvalue weighted by Gasteiger charge is 2.07. The van der Waals surface area contributed by atoms with Crippen molar-refractivity contribution in [3.8, 4) is 11.3 Å². The van der Waals surface area contributed by atoms with Crippen LogP contribution in [0.1, 0.15) is 16.8 Å². The molecule has 0 atom stereocenters. The number of pyridine rings is 1. The minimum absolute atomic E-state index is 0.985. The van der Waals surface area contributed by atoms with Gasteiger partial charge < -0.3 is 0 Å². The van der Waals surface area contributed by atoms with Gasteiger partial charge in [-0.1, -0.05) is 42.5 Å². The Hall–Kier alpha value is -2.37. The van der Waals surface area contributed by atoms with E-state index >= 15 is 0 Å². The Kier molecular flexibility index (Phi) is 2.68. The molecule has 1 aromatic heterocycles. The summed E-state index contributed by atoms with van der Waals surface area (Å²) in [7, 11) is 0. The smallest absolute Gasteiger partial charge is 0.0789 e. The first-order valence-corrected chi connectivity index (χ1v) is 6.01. The van der Waals surface area contributed by atoms with Crippen LogP contribution >= 0.6 is 0 Å². The second kappa shape index (κ2) is 4.48. The number of allylic oxidation sites excluding steroid dienone is 2. The van der Waals surface area contributed by atoms with Crippen LogP contribution in [-0.2, 0) is 0 Å². The summed E-state index contributed by atoms with van der Waals surface area (Å²) < 4.78 is 0. The maximum atomic E-state index is 4.72. The molecule has 1 heteroatoms. The van der Waals surface area contributed by atoms with Crippen LogP contribution in [-0.4, -0.2) is 4.98 Å². The van der Waals surface area contributed by atoms with Crippen LogP contribution in [0.4, 0.5) is 0 Å². The van der Waals surface area contributed by atoms with Crippen molar-refractivity contribution in [2.45, 2.75) is 6.92 Å². The van der Waals surface area contributed by atoms with Crippen LogP contribution in [0, 0.1) is 6.92 Å². The van der Waals surface area contributed by atoms with E-state index in [0.29, 0.717) is 0 Å². The number of rotatable bonds is 1. The van der Waals surface area contributed by atoms with Gasteiger partial charge in [-0.05, 0) is 24.6 Å². The lowest BCUT2D eigenvalue weighted by Crippen LogP contribution is -1.94. The number of nitrogens with zero attached hydrogens (tertiary/aromatic N) is 1. The van der Waals surface area contributed by atoms with E-state index in [0.717, 1.165) is 17.0 Å². The van der Waals surface area contributed by atoms with E-state index in [1.54, 1.807) is 0 Å². The molecule has 0 saturated carbocycles. The summed E-state index contributed by atoms with van der Waals surface area (Å²) >= 11 is 0. The predicted molar refractivity (Wildman–Crippen MR) is 76.0 cm³/mol. The Morgan fingerprint density at radius 2 is 1.94 bits per heavy atom. The minimum Gasteiger partial charge on any atom is -0.247 e. The molecule has 86 valence electrons. The molecule has 0 amide bonds. The van der Waals surface area contributed by atoms with Crippen molar-refractivity contribution in [2.24, 2.45) is 0 Å². The second-order valence-corrected chi connectivity index (χ2v) is 4.33. The van der Waals surface area contributed by atoms with Gasteiger partial charge in [-0.15, -0.1) is 5.73 Å². The average Bonchev–Trinajstić information content (AvgIpc) is 2.65. The van der Waals surface area contributed by atoms with Gasteiger partial charge in [-0.25, -0.2) is 4.98 Å². The zero-order valence-corrected chi connectivity index (χ0v) is 10.2. The molecule has 2 aromatic rings. The van der Waals surface area contributed by atoms with E-state index in [4.69, 9.17) is 4.98 Å². The highest BCUT2D eigenvalue weighted by Crippen LogP contribution is 2.24. The van der Waals surface area contributed by atoms with E-state index in [2.05, 4.69) is 36.9 Å². The molecular formula is C17H13N. The summed E-state index contributed by atoms with van der Waals surface area (Å²) in [6, 6.07) is 12.4. The molecule has 1 aliphatic rings. The van der Waals surface area contributed by atoms with E-state index in [1.807, 2.05) is 36.4 Å². The SMILES string of the molecule is Cc1cc(-c2ccccc2)nc2c1C=CC=C=C2. The summed E-state index contributed by atoms with van der Waals surface area (Å²) in [5, 5.41) is 0. The van der Waals surface area contributed by atoms with Crippen molar-refractivity contribution < 1.29 is 0 Å². The van der Waals surface area contributed by atoms with Gasteiger partial charge in [0, 0.05) is 17.2 Å². The van der Waals surface area contributed by atoms with Gasteiger partial charge in [0.1, 0.15) is 0 Å². The minimum atomic E-state index is 0.985. The summed E-state index contributed by atoms with van der Waals surface area (Å²) in [5.74, 6) is 0. The molecule has 3 rings (SSSR count). The predicted octanol–water partition coefficient (Wildman–Crippen LogP) is 4.25. The first-order chi connectivity index (χ1) is 8.84. The van der Waals surface area contributed by atoms with E-state index in [9.17, 15) is 0 Å². The Labute approximate surface area is 107 Å². The standard InChI is InChI=1S/C17H13N/c1-13-12-17(14-8-4-2-5-9-14)18-16-11-7-3-6-10-15(13)16/h2-6,8-12H,1H3. The highest BCUT2D eigenvalue weighted by molar-refractivity contribution is 5.72. The van der Waals surface area contributed by atoms with Crippen molar-refractivity contribution in [3.05, 3.63) is 71.1 Å². The molecule has 0 bridgehead atoms. The van der Waals surface area contributed by atoms with Crippen LogP contribution < -0.4 is 0 Å². The molecule has 1 aromatic carbocycles. The van der Waals surface area contributed by atoms with Gasteiger partial charge in [-0.2, -0.15) is 0 Å². The van der Waals surface area contributed by atoms with Crippen molar-refractivity contribution in [2.75, 3.05) is 0 Å². The summed E-state index contributed by atoms with van der Waals surface area (Å²) in [5.41, 5.74) is 8.67. The number of benzene rings is 1. The lowest BCUT2D eigenvalue weighted by molar-refractivity contribution is 1.24. The summed E-state index contributed by atoms with van der Waals surface area (Å²) in [6.45, 7) is 2.12. The van der Waals surface area contributed by atoms with Gasteiger partial charge in [0.25, 0.3) is 0 Å². The third kappa shape index (κ3) is 1.92. The van der Waals surface area contributed by atoms with Crippen LogP contribution in [0.5, 0.6) is 0 Å². The maximum absolute atomic E-state index is 4.72. The van der Waals surface area contributed by atoms with E-state index < -0.39 is 0 Å². The molecule has 0 spiro atoms. The zero-order chi connectivity index (χ0) is 12.4. The third-order valence-corrected chi connectivity index (χ3v) is 3.04. The van der Waals surface area contributed by atoms with Gasteiger partial charge in [0.15, 0.2) is 0 Å². The van der Waals surface area contributed by atoms with E-state index in [1.165, 1.54) is 11.1 Å². The molecule has 0 unspecified atom stereocenters. The van der Waals surface area contributed by atoms with Crippen LogP contribution in [0.3, 0.4) is 0 Å². The van der Waals surface area contributed by atoms with Crippen molar-refractivity contribution in [3.63, 3.8) is 0 Å². The van der Waals surface area contributed by atoms with E-state index in [-0.39, 0.29) is 0 Å². The monoisotopic (exact) mass is 231 g/mol. The lowest BCUT2D eigenvalue weighted by atomic mass is 10.0. The molecule has 0 aliphatic heterocycles. The van der Waals surface area contributed by atoms with Gasteiger partial charge in [-0.3, -0.25) is 0 Å². The average molecular weight is 231 g/mol. The highest BCUT2D eigenvalue weighted by atomic mass is 14.7. The molecule has 1 nitrogen and oxygen atoms in total. The Balaban J connectivity index is 2.21. The van der Waals surface area contributed by atoms with Crippen molar-refractivity contribution in [1.29, 1.82) is 0 Å². The zero-order valence-electron chi connectivity index (χ0n) is 10.2. The molecule has 0 N–H and O–H groups in total. The number of aromatic nitrogens is 1. The Bertz CT molecular complexity index is 672.